The molecule has 232 valence electrons. The highest BCUT2D eigenvalue weighted by molar-refractivity contribution is 7.83. The van der Waals surface area contributed by atoms with Gasteiger partial charge in [-0.25, -0.2) is 0 Å². The van der Waals surface area contributed by atoms with Crippen molar-refractivity contribution in [1.82, 2.24) is 0 Å². The van der Waals surface area contributed by atoms with E-state index in [1.54, 1.807) is 6.07 Å². The van der Waals surface area contributed by atoms with Crippen LogP contribution in [-0.2, 0) is 12.8 Å². The zero-order valence-corrected chi connectivity index (χ0v) is 28.7. The number of aryl methyl sites for hydroxylation is 2. The van der Waals surface area contributed by atoms with Crippen molar-refractivity contribution < 1.29 is 10.2 Å². The van der Waals surface area contributed by atoms with Crippen molar-refractivity contribution in [2.45, 2.75) is 89.9 Å². The fourth-order valence-corrected chi connectivity index (χ4v) is 4.48. The molecule has 4 rings (SSSR count). The van der Waals surface area contributed by atoms with Crippen molar-refractivity contribution in [3.05, 3.63) is 89.5 Å². The van der Waals surface area contributed by atoms with Gasteiger partial charge in [0.05, 0.1) is 4.90 Å². The van der Waals surface area contributed by atoms with E-state index in [2.05, 4.69) is 110 Å². The molecule has 0 bridgehead atoms. The highest BCUT2D eigenvalue weighted by atomic mass is 32.1. The summed E-state index contributed by atoms with van der Waals surface area (Å²) >= 11 is 8.14. The molecule has 0 fully saturated rings. The summed E-state index contributed by atoms with van der Waals surface area (Å²) in [5, 5.41) is 25.1. The van der Waals surface area contributed by atoms with E-state index in [1.807, 2.05) is 41.5 Å². The lowest BCUT2D eigenvalue weighted by Gasteiger charge is -2.12. The van der Waals surface area contributed by atoms with Gasteiger partial charge in [0, 0.05) is 22.7 Å². The second kappa shape index (κ2) is 22.8. The average molecular weight is 611 g/mol. The number of thiol groups is 2. The van der Waals surface area contributed by atoms with Gasteiger partial charge in [0.15, 0.2) is 11.5 Å². The first kappa shape index (κ1) is 39.2. The van der Waals surface area contributed by atoms with Crippen molar-refractivity contribution in [3.8, 4) is 11.5 Å². The Morgan fingerprint density at radius 3 is 1.90 bits per heavy atom. The monoisotopic (exact) mass is 610 g/mol. The first-order valence-electron chi connectivity index (χ1n) is 15.1. The molecule has 0 amide bonds. The summed E-state index contributed by atoms with van der Waals surface area (Å²) in [5.74, 6) is -0.150. The number of fused-ring (bicyclic) bond motifs is 1. The van der Waals surface area contributed by atoms with Gasteiger partial charge in [-0.2, -0.15) is 0 Å². The van der Waals surface area contributed by atoms with Crippen LogP contribution < -0.4 is 11.1 Å². The van der Waals surface area contributed by atoms with Crippen molar-refractivity contribution in [2.24, 2.45) is 5.73 Å². The molecule has 0 aromatic heterocycles. The highest BCUT2D eigenvalue weighted by Gasteiger charge is 2.15. The second-order valence-electron chi connectivity index (χ2n) is 9.35. The molecule has 42 heavy (non-hydrogen) atoms. The van der Waals surface area contributed by atoms with E-state index in [9.17, 15) is 10.2 Å². The van der Waals surface area contributed by atoms with Crippen LogP contribution in [0.3, 0.4) is 0 Å². The topological polar surface area (TPSA) is 78.5 Å². The van der Waals surface area contributed by atoms with Crippen LogP contribution in [0.15, 0.2) is 82.6 Å². The van der Waals surface area contributed by atoms with E-state index in [0.29, 0.717) is 15.4 Å². The molecule has 0 aliphatic carbocycles. The van der Waals surface area contributed by atoms with Gasteiger partial charge in [-0.1, -0.05) is 103 Å². The molecule has 4 nitrogen and oxygen atoms in total. The predicted octanol–water partition coefficient (Wildman–Crippen LogP) is 10.3. The Morgan fingerprint density at radius 2 is 1.31 bits per heavy atom. The average Bonchev–Trinajstić information content (AvgIpc) is 3.04. The zero-order chi connectivity index (χ0) is 32.1. The number of phenolic OH excluding ortho intramolecular Hbond substituents is 2. The van der Waals surface area contributed by atoms with E-state index in [4.69, 9.17) is 0 Å². The van der Waals surface area contributed by atoms with E-state index in [-0.39, 0.29) is 17.4 Å². The minimum absolute atomic E-state index is 0.0993. The number of benzene rings is 4. The van der Waals surface area contributed by atoms with E-state index in [1.165, 1.54) is 41.1 Å². The van der Waals surface area contributed by atoms with Gasteiger partial charge in [-0.05, 0) is 78.7 Å². The number of nitrogens with one attached hydrogen (secondary N) is 1. The molecule has 0 saturated carbocycles. The maximum Gasteiger partial charge on any atom is 0.172 e. The van der Waals surface area contributed by atoms with Gasteiger partial charge in [0.1, 0.15) is 0 Å². The summed E-state index contributed by atoms with van der Waals surface area (Å²) in [6.45, 7) is 15.1. The van der Waals surface area contributed by atoms with Crippen LogP contribution in [0.25, 0.3) is 10.8 Å². The lowest BCUT2D eigenvalue weighted by Crippen LogP contribution is -1.99. The molecule has 6 heteroatoms. The number of hydrogen-bond donors (Lipinski definition) is 6. The van der Waals surface area contributed by atoms with Crippen molar-refractivity contribution in [3.63, 3.8) is 0 Å². The predicted molar refractivity (Wildman–Crippen MR) is 192 cm³/mol. The first-order chi connectivity index (χ1) is 20.3. The Hall–Kier alpha value is -2.80. The second-order valence-corrected chi connectivity index (χ2v) is 10.3. The summed E-state index contributed by atoms with van der Waals surface area (Å²) < 4.78 is 0. The number of phenols is 2. The third kappa shape index (κ3) is 13.0. The Balaban J connectivity index is 0.000000754. The molecule has 5 N–H and O–H groups in total. The molecule has 0 spiro atoms. The Morgan fingerprint density at radius 1 is 0.738 bits per heavy atom. The summed E-state index contributed by atoms with van der Waals surface area (Å²) in [4.78, 5) is 0.882. The number of anilines is 1. The molecule has 0 aliphatic rings. The molecule has 0 unspecified atom stereocenters. The Labute approximate surface area is 266 Å². The molecule has 4 aromatic carbocycles. The lowest BCUT2D eigenvalue weighted by molar-refractivity contribution is 0.386. The van der Waals surface area contributed by atoms with Crippen molar-refractivity contribution in [2.75, 3.05) is 18.9 Å². The van der Waals surface area contributed by atoms with Crippen LogP contribution in [0, 0.1) is 0 Å². The van der Waals surface area contributed by atoms with E-state index in [0.717, 1.165) is 25.8 Å². The fourth-order valence-electron chi connectivity index (χ4n) is 4.07. The summed E-state index contributed by atoms with van der Waals surface area (Å²) in [6, 6.07) is 26.0. The maximum atomic E-state index is 9.54. The molecule has 0 heterocycles. The number of rotatable bonds is 8. The first-order valence-corrected chi connectivity index (χ1v) is 16.0. The standard InChI is InChI=1S/C22H25N.C9H12O2S2.2C2H6.CH5N/c1-2-15-23-22-14-13-20-16-19(11-12-21(20)17-22)10-6-9-18-7-4-3-5-8-18;1-4(2)5-3-6(12)9(13)8(11)7(5)10;3*1-2/h3-5,7-8,11-14,16-17,23H,2,6,9-10,15H2,1H3;3-4,10-13H,1-2H3;2*1-2H3;2H2,1H3. The normalized spacial score (nSPS) is 9.71. The van der Waals surface area contributed by atoms with Gasteiger partial charge in [0.25, 0.3) is 0 Å². The van der Waals surface area contributed by atoms with Crippen LogP contribution in [-0.4, -0.2) is 23.8 Å². The van der Waals surface area contributed by atoms with Crippen LogP contribution >= 0.6 is 25.3 Å². The molecule has 0 saturated heterocycles. The third-order valence-corrected chi connectivity index (χ3v) is 7.12. The van der Waals surface area contributed by atoms with Crippen molar-refractivity contribution >= 4 is 41.7 Å². The highest BCUT2D eigenvalue weighted by Crippen LogP contribution is 2.41. The fraction of sp³-hybridized carbons (Fsp3) is 0.389. The summed E-state index contributed by atoms with van der Waals surface area (Å²) in [7, 11) is 1.50. The minimum Gasteiger partial charge on any atom is -0.504 e. The van der Waals surface area contributed by atoms with Gasteiger partial charge >= 0.3 is 0 Å². The smallest absolute Gasteiger partial charge is 0.172 e. The number of nitrogens with two attached hydrogens (primary N) is 1. The van der Waals surface area contributed by atoms with Crippen LogP contribution in [0.1, 0.15) is 83.9 Å². The lowest BCUT2D eigenvalue weighted by atomic mass is 10.0. The summed E-state index contributed by atoms with van der Waals surface area (Å²) in [5.41, 5.74) is 9.26. The van der Waals surface area contributed by atoms with Crippen LogP contribution in [0.5, 0.6) is 11.5 Å². The van der Waals surface area contributed by atoms with Gasteiger partial charge in [-0.15, -0.1) is 25.3 Å². The molecule has 4 aromatic rings. The molecular formula is C36H54N2O2S2. The number of hydrogen-bond acceptors (Lipinski definition) is 6. The van der Waals surface area contributed by atoms with E-state index >= 15 is 0 Å². The molecular weight excluding hydrogens is 557 g/mol. The third-order valence-electron chi connectivity index (χ3n) is 6.14. The molecule has 0 atom stereocenters. The summed E-state index contributed by atoms with van der Waals surface area (Å²) in [6.07, 6.45) is 4.64. The van der Waals surface area contributed by atoms with Crippen LogP contribution in [0.4, 0.5) is 5.69 Å². The van der Waals surface area contributed by atoms with Crippen LogP contribution in [0.2, 0.25) is 0 Å². The largest absolute Gasteiger partial charge is 0.504 e. The van der Waals surface area contributed by atoms with Gasteiger partial charge < -0.3 is 21.3 Å². The number of aromatic hydroxyl groups is 2. The Kier molecular flexibility index (Phi) is 21.2. The molecule has 0 aliphatic heterocycles. The minimum atomic E-state index is -0.195. The van der Waals surface area contributed by atoms with E-state index < -0.39 is 0 Å². The van der Waals surface area contributed by atoms with Gasteiger partial charge in [0.2, 0.25) is 0 Å². The van der Waals surface area contributed by atoms with Crippen molar-refractivity contribution in [1.29, 1.82) is 0 Å². The molecule has 0 radical (unpaired) electrons. The quantitative estimate of drug-likeness (QED) is 0.0886. The maximum absolute atomic E-state index is 9.54. The zero-order valence-electron chi connectivity index (χ0n) is 26.9. The SMILES string of the molecule is CC.CC.CC(C)c1cc(S)c(S)c(O)c1O.CCCNc1ccc2cc(CCCc3ccccc3)ccc2c1.CN. The van der Waals surface area contributed by atoms with Gasteiger partial charge in [-0.3, -0.25) is 0 Å². The Bertz CT molecular complexity index is 1280.